The topological polar surface area (TPSA) is 48.6 Å². The average molecular weight is 406 g/mol. The van der Waals surface area contributed by atoms with Crippen LogP contribution >= 0.6 is 0 Å². The van der Waals surface area contributed by atoms with Crippen LogP contribution in [0.15, 0.2) is 54.6 Å². The second-order valence-corrected chi connectivity index (χ2v) is 8.51. The molecule has 158 valence electrons. The summed E-state index contributed by atoms with van der Waals surface area (Å²) in [6.07, 6.45) is 2.13. The van der Waals surface area contributed by atoms with E-state index in [1.165, 1.54) is 5.56 Å². The number of fused-ring (bicyclic) bond motifs is 1. The van der Waals surface area contributed by atoms with Gasteiger partial charge < -0.3 is 14.6 Å². The van der Waals surface area contributed by atoms with Gasteiger partial charge >= 0.3 is 0 Å². The number of aromatic nitrogens is 1. The van der Waals surface area contributed by atoms with Gasteiger partial charge in [-0.05, 0) is 56.5 Å². The molecule has 3 aromatic rings. The van der Waals surface area contributed by atoms with Crippen LogP contribution in [0, 0.1) is 0 Å². The summed E-state index contributed by atoms with van der Waals surface area (Å²) in [6.45, 7) is 7.19. The minimum atomic E-state index is 0.00738. The number of ether oxygens (including phenoxy) is 1. The van der Waals surface area contributed by atoms with Crippen molar-refractivity contribution in [2.75, 3.05) is 26.7 Å². The quantitative estimate of drug-likeness (QED) is 0.636. The minimum Gasteiger partial charge on any atom is -0.489 e. The Balaban J connectivity index is 1.40. The third-order valence-electron chi connectivity index (χ3n) is 5.96. The number of nitrogens with one attached hydrogen (secondary N) is 1. The van der Waals surface area contributed by atoms with Crippen LogP contribution in [0.25, 0.3) is 10.9 Å². The van der Waals surface area contributed by atoms with E-state index < -0.39 is 0 Å². The monoisotopic (exact) mass is 405 g/mol. The van der Waals surface area contributed by atoms with Crippen molar-refractivity contribution >= 4 is 16.8 Å². The standard InChI is InChI=1S/C25H31N3O2/c1-18(2)28-14-12-22(17-28)30-21-9-10-23-20(15-21)16-24(26-23)25(29)27(3)13-11-19-7-5-4-6-8-19/h4-10,15-16,18,22,26H,11-14,17H2,1-3H3. The number of benzene rings is 2. The number of likely N-dealkylation sites (tertiary alicyclic amines) is 1. The zero-order valence-corrected chi connectivity index (χ0v) is 18.1. The molecule has 5 heteroatoms. The maximum atomic E-state index is 12.9. The maximum absolute atomic E-state index is 12.9. The first kappa shape index (κ1) is 20.5. The Morgan fingerprint density at radius 1 is 1.20 bits per heavy atom. The lowest BCUT2D eigenvalue weighted by Gasteiger charge is -2.20. The molecule has 30 heavy (non-hydrogen) atoms. The molecule has 0 radical (unpaired) electrons. The molecule has 1 unspecified atom stereocenters. The number of hydrogen-bond donors (Lipinski definition) is 1. The molecule has 1 N–H and O–H groups in total. The summed E-state index contributed by atoms with van der Waals surface area (Å²) in [4.78, 5) is 20.3. The SMILES string of the molecule is CC(C)N1CCC(Oc2ccc3[nH]c(C(=O)N(C)CCc4ccccc4)cc3c2)C1. The van der Waals surface area contributed by atoms with Gasteiger partial charge in [0.05, 0.1) is 0 Å². The van der Waals surface area contributed by atoms with Gasteiger partial charge in [0.2, 0.25) is 0 Å². The summed E-state index contributed by atoms with van der Waals surface area (Å²) in [5, 5.41) is 1.01. The summed E-state index contributed by atoms with van der Waals surface area (Å²) >= 11 is 0. The number of hydrogen-bond acceptors (Lipinski definition) is 3. The summed E-state index contributed by atoms with van der Waals surface area (Å²) in [6, 6.07) is 18.8. The van der Waals surface area contributed by atoms with Gasteiger partial charge in [-0.25, -0.2) is 0 Å². The Hall–Kier alpha value is -2.79. The number of carbonyl (C=O) groups is 1. The van der Waals surface area contributed by atoms with Crippen molar-refractivity contribution in [3.63, 3.8) is 0 Å². The molecule has 1 amide bonds. The van der Waals surface area contributed by atoms with E-state index in [4.69, 9.17) is 4.74 Å². The second kappa shape index (κ2) is 8.92. The van der Waals surface area contributed by atoms with Crippen LogP contribution in [0.1, 0.15) is 36.3 Å². The van der Waals surface area contributed by atoms with Crippen LogP contribution in [-0.2, 0) is 6.42 Å². The molecule has 1 atom stereocenters. The largest absolute Gasteiger partial charge is 0.489 e. The zero-order valence-electron chi connectivity index (χ0n) is 18.1. The molecule has 0 aliphatic carbocycles. The molecule has 0 bridgehead atoms. The molecule has 5 nitrogen and oxygen atoms in total. The summed E-state index contributed by atoms with van der Waals surface area (Å²) in [5.41, 5.74) is 2.81. The first-order valence-corrected chi connectivity index (χ1v) is 10.8. The highest BCUT2D eigenvalue weighted by atomic mass is 16.5. The molecule has 1 aromatic heterocycles. The summed E-state index contributed by atoms with van der Waals surface area (Å²) in [7, 11) is 1.85. The van der Waals surface area contributed by atoms with Gasteiger partial charge in [-0.2, -0.15) is 0 Å². The zero-order chi connectivity index (χ0) is 21.1. The second-order valence-electron chi connectivity index (χ2n) is 8.51. The third-order valence-corrected chi connectivity index (χ3v) is 5.96. The molecule has 1 saturated heterocycles. The predicted octanol–water partition coefficient (Wildman–Crippen LogP) is 4.34. The Bertz CT molecular complexity index is 996. The van der Waals surface area contributed by atoms with E-state index in [0.717, 1.165) is 42.6 Å². The fraction of sp³-hybridized carbons (Fsp3) is 0.400. The lowest BCUT2D eigenvalue weighted by atomic mass is 10.1. The van der Waals surface area contributed by atoms with Crippen LogP contribution < -0.4 is 4.74 Å². The first-order chi connectivity index (χ1) is 14.5. The normalized spacial score (nSPS) is 17.0. The highest BCUT2D eigenvalue weighted by Gasteiger charge is 2.25. The van der Waals surface area contributed by atoms with Gasteiger partial charge in [0, 0.05) is 43.6 Å². The molecule has 1 aliphatic rings. The highest BCUT2D eigenvalue weighted by Crippen LogP contribution is 2.25. The number of rotatable bonds is 7. The minimum absolute atomic E-state index is 0.00738. The van der Waals surface area contributed by atoms with E-state index in [-0.39, 0.29) is 12.0 Å². The van der Waals surface area contributed by atoms with Gasteiger partial charge in [-0.15, -0.1) is 0 Å². The van der Waals surface area contributed by atoms with Gasteiger partial charge in [0.15, 0.2) is 0 Å². The van der Waals surface area contributed by atoms with Crippen LogP contribution in [0.5, 0.6) is 5.75 Å². The number of carbonyl (C=O) groups excluding carboxylic acids is 1. The molecule has 0 spiro atoms. The summed E-state index contributed by atoms with van der Waals surface area (Å²) < 4.78 is 6.22. The van der Waals surface area contributed by atoms with Crippen molar-refractivity contribution < 1.29 is 9.53 Å². The van der Waals surface area contributed by atoms with Gasteiger partial charge in [0.1, 0.15) is 17.5 Å². The van der Waals surface area contributed by atoms with E-state index in [0.29, 0.717) is 18.3 Å². The molecular weight excluding hydrogens is 374 g/mol. The lowest BCUT2D eigenvalue weighted by Crippen LogP contribution is -2.30. The Morgan fingerprint density at radius 3 is 2.73 bits per heavy atom. The Morgan fingerprint density at radius 2 is 2.00 bits per heavy atom. The molecule has 1 fully saturated rings. The van der Waals surface area contributed by atoms with Crippen molar-refractivity contribution in [3.05, 3.63) is 65.9 Å². The van der Waals surface area contributed by atoms with E-state index in [1.54, 1.807) is 4.90 Å². The first-order valence-electron chi connectivity index (χ1n) is 10.8. The summed E-state index contributed by atoms with van der Waals surface area (Å²) in [5.74, 6) is 0.876. The maximum Gasteiger partial charge on any atom is 0.270 e. The predicted molar refractivity (Wildman–Crippen MR) is 121 cm³/mol. The fourth-order valence-corrected chi connectivity index (χ4v) is 4.06. The van der Waals surface area contributed by atoms with Crippen LogP contribution in [0.3, 0.4) is 0 Å². The molecule has 2 aromatic carbocycles. The van der Waals surface area contributed by atoms with Crippen LogP contribution in [0.4, 0.5) is 0 Å². The van der Waals surface area contributed by atoms with Gasteiger partial charge in [-0.3, -0.25) is 9.69 Å². The highest BCUT2D eigenvalue weighted by molar-refractivity contribution is 5.98. The number of nitrogens with zero attached hydrogens (tertiary/aromatic N) is 2. The Labute approximate surface area is 178 Å². The van der Waals surface area contributed by atoms with Crippen LogP contribution in [0.2, 0.25) is 0 Å². The average Bonchev–Trinajstić information content (AvgIpc) is 3.39. The fourth-order valence-electron chi connectivity index (χ4n) is 4.06. The molecule has 1 aliphatic heterocycles. The van der Waals surface area contributed by atoms with Crippen molar-refractivity contribution in [3.8, 4) is 5.75 Å². The van der Waals surface area contributed by atoms with Gasteiger partial charge in [-0.1, -0.05) is 30.3 Å². The molecular formula is C25H31N3O2. The van der Waals surface area contributed by atoms with Crippen LogP contribution in [-0.4, -0.2) is 59.5 Å². The van der Waals surface area contributed by atoms with Crippen molar-refractivity contribution in [2.24, 2.45) is 0 Å². The van der Waals surface area contributed by atoms with E-state index in [2.05, 4.69) is 35.9 Å². The van der Waals surface area contributed by atoms with Crippen molar-refractivity contribution in [1.82, 2.24) is 14.8 Å². The third kappa shape index (κ3) is 4.68. The van der Waals surface area contributed by atoms with Crippen molar-refractivity contribution in [1.29, 1.82) is 0 Å². The molecule has 2 heterocycles. The Kier molecular flexibility index (Phi) is 6.09. The number of H-pyrrole nitrogens is 1. The molecule has 0 saturated carbocycles. The molecule has 4 rings (SSSR count). The number of aromatic amines is 1. The number of likely N-dealkylation sites (N-methyl/N-ethyl adjacent to an activating group) is 1. The van der Waals surface area contributed by atoms with Gasteiger partial charge in [0.25, 0.3) is 5.91 Å². The number of amides is 1. The van der Waals surface area contributed by atoms with E-state index in [9.17, 15) is 4.79 Å². The smallest absolute Gasteiger partial charge is 0.270 e. The van der Waals surface area contributed by atoms with E-state index in [1.807, 2.05) is 49.5 Å². The van der Waals surface area contributed by atoms with E-state index >= 15 is 0 Å². The van der Waals surface area contributed by atoms with Crippen molar-refractivity contribution in [2.45, 2.75) is 38.8 Å². The lowest BCUT2D eigenvalue weighted by molar-refractivity contribution is 0.0792.